The van der Waals surface area contributed by atoms with Gasteiger partial charge in [0.25, 0.3) is 5.91 Å². The summed E-state index contributed by atoms with van der Waals surface area (Å²) in [6, 6.07) is 10.0. The van der Waals surface area contributed by atoms with Crippen LogP contribution in [-0.2, 0) is 0 Å². The summed E-state index contributed by atoms with van der Waals surface area (Å²) in [6.45, 7) is 1.81. The Hall–Kier alpha value is -2.27. The van der Waals surface area contributed by atoms with Gasteiger partial charge in [-0.05, 0) is 31.2 Å². The first-order valence-electron chi connectivity index (χ1n) is 5.94. The number of carbonyl (C=O) groups excluding carboxylic acids is 1. The highest BCUT2D eigenvalue weighted by molar-refractivity contribution is 5.95. The summed E-state index contributed by atoms with van der Waals surface area (Å²) >= 11 is 0. The number of ether oxygens (including phenoxy) is 1. The van der Waals surface area contributed by atoms with Crippen LogP contribution in [0.3, 0.4) is 0 Å². The van der Waals surface area contributed by atoms with Crippen molar-refractivity contribution in [3.63, 3.8) is 0 Å². The minimum absolute atomic E-state index is 0.299. The smallest absolute Gasteiger partial charge is 0.252 e. The van der Waals surface area contributed by atoms with E-state index in [0.29, 0.717) is 17.1 Å². The largest absolute Gasteiger partial charge is 0.480 e. The lowest BCUT2D eigenvalue weighted by Gasteiger charge is -2.21. The summed E-state index contributed by atoms with van der Waals surface area (Å²) in [5, 5.41) is 0. The van der Waals surface area contributed by atoms with Gasteiger partial charge < -0.3 is 20.6 Å². The summed E-state index contributed by atoms with van der Waals surface area (Å²) < 4.78 is 11.1. The quantitative estimate of drug-likeness (QED) is 0.858. The summed E-state index contributed by atoms with van der Waals surface area (Å²) in [7, 11) is 0. The average molecular weight is 260 g/mol. The maximum atomic E-state index is 11.3. The van der Waals surface area contributed by atoms with E-state index in [-0.39, 0.29) is 6.04 Å². The van der Waals surface area contributed by atoms with Gasteiger partial charge in [0, 0.05) is 6.04 Å². The van der Waals surface area contributed by atoms with Gasteiger partial charge in [0.2, 0.25) is 0 Å². The van der Waals surface area contributed by atoms with E-state index in [1.54, 1.807) is 49.6 Å². The number of hydrogen-bond acceptors (Lipinski definition) is 4. The Bertz CT molecular complexity index is 550. The molecule has 1 heterocycles. The van der Waals surface area contributed by atoms with Gasteiger partial charge >= 0.3 is 0 Å². The fourth-order valence-corrected chi connectivity index (χ4v) is 1.79. The van der Waals surface area contributed by atoms with Crippen LogP contribution in [0, 0.1) is 0 Å². The second kappa shape index (κ2) is 5.58. The third-order valence-electron chi connectivity index (χ3n) is 2.71. The van der Waals surface area contributed by atoms with Gasteiger partial charge in [-0.1, -0.05) is 12.1 Å². The van der Waals surface area contributed by atoms with E-state index in [1.165, 1.54) is 0 Å². The highest BCUT2D eigenvalue weighted by Gasteiger charge is 2.22. The molecule has 0 radical (unpaired) electrons. The Morgan fingerprint density at radius 3 is 2.58 bits per heavy atom. The van der Waals surface area contributed by atoms with Crippen molar-refractivity contribution in [2.45, 2.75) is 19.1 Å². The van der Waals surface area contributed by atoms with Crippen LogP contribution in [0.5, 0.6) is 5.75 Å². The molecule has 19 heavy (non-hydrogen) atoms. The summed E-state index contributed by atoms with van der Waals surface area (Å²) in [4.78, 5) is 11.3. The molecule has 2 atom stereocenters. The van der Waals surface area contributed by atoms with Gasteiger partial charge in [-0.15, -0.1) is 0 Å². The monoisotopic (exact) mass is 260 g/mol. The fourth-order valence-electron chi connectivity index (χ4n) is 1.79. The van der Waals surface area contributed by atoms with E-state index >= 15 is 0 Å². The van der Waals surface area contributed by atoms with Crippen LogP contribution >= 0.6 is 0 Å². The highest BCUT2D eigenvalue weighted by atomic mass is 16.5. The number of hydrogen-bond donors (Lipinski definition) is 2. The number of rotatable bonds is 5. The van der Waals surface area contributed by atoms with Crippen molar-refractivity contribution in [2.24, 2.45) is 11.5 Å². The molecular weight excluding hydrogens is 244 g/mol. The molecule has 1 amide bonds. The van der Waals surface area contributed by atoms with E-state index < -0.39 is 12.0 Å². The second-order valence-corrected chi connectivity index (χ2v) is 4.27. The SMILES string of the molecule is CC(N)C(Oc1ccccc1C(N)=O)c1ccco1. The average Bonchev–Trinajstić information content (AvgIpc) is 2.89. The molecule has 0 aliphatic carbocycles. The number of benzene rings is 1. The van der Waals surface area contributed by atoms with Crippen LogP contribution in [0.2, 0.25) is 0 Å². The number of nitrogens with two attached hydrogens (primary N) is 2. The molecule has 0 bridgehead atoms. The second-order valence-electron chi connectivity index (χ2n) is 4.27. The maximum absolute atomic E-state index is 11.3. The van der Waals surface area contributed by atoms with Crippen LogP contribution in [0.25, 0.3) is 0 Å². The van der Waals surface area contributed by atoms with Gasteiger partial charge in [-0.25, -0.2) is 0 Å². The molecule has 0 spiro atoms. The van der Waals surface area contributed by atoms with E-state index in [1.807, 2.05) is 0 Å². The van der Waals surface area contributed by atoms with Gasteiger partial charge in [0.1, 0.15) is 11.5 Å². The summed E-state index contributed by atoms with van der Waals surface area (Å²) in [6.07, 6.45) is 1.07. The van der Waals surface area contributed by atoms with Crippen molar-refractivity contribution >= 4 is 5.91 Å². The molecule has 2 rings (SSSR count). The Morgan fingerprint density at radius 2 is 2.00 bits per heavy atom. The molecule has 0 aliphatic rings. The minimum atomic E-state index is -0.543. The number of primary amides is 1. The molecule has 0 aliphatic heterocycles. The van der Waals surface area contributed by atoms with Gasteiger partial charge in [0.05, 0.1) is 11.8 Å². The lowest BCUT2D eigenvalue weighted by Crippen LogP contribution is -2.29. The van der Waals surface area contributed by atoms with Gasteiger partial charge in [0.15, 0.2) is 6.10 Å². The lowest BCUT2D eigenvalue weighted by molar-refractivity contribution is 0.0986. The van der Waals surface area contributed by atoms with Crippen LogP contribution in [0.4, 0.5) is 0 Å². The molecule has 0 saturated carbocycles. The molecule has 5 nitrogen and oxygen atoms in total. The number of para-hydroxylation sites is 1. The van der Waals surface area contributed by atoms with Crippen LogP contribution in [-0.4, -0.2) is 11.9 Å². The molecule has 2 aromatic rings. The number of amides is 1. The summed E-state index contributed by atoms with van der Waals surface area (Å²) in [5.74, 6) is 0.460. The molecule has 1 aromatic carbocycles. The van der Waals surface area contributed by atoms with E-state index in [2.05, 4.69) is 0 Å². The number of furan rings is 1. The molecule has 0 fully saturated rings. The van der Waals surface area contributed by atoms with Gasteiger partial charge in [-0.3, -0.25) is 4.79 Å². The third-order valence-corrected chi connectivity index (χ3v) is 2.71. The zero-order chi connectivity index (χ0) is 13.8. The number of carbonyl (C=O) groups is 1. The predicted molar refractivity (Wildman–Crippen MR) is 70.7 cm³/mol. The molecular formula is C14H16N2O3. The Labute approximate surface area is 111 Å². The summed E-state index contributed by atoms with van der Waals surface area (Å²) in [5.41, 5.74) is 11.5. The Balaban J connectivity index is 2.30. The Kier molecular flexibility index (Phi) is 3.87. The molecule has 100 valence electrons. The van der Waals surface area contributed by atoms with E-state index in [9.17, 15) is 4.79 Å². The maximum Gasteiger partial charge on any atom is 0.252 e. The topological polar surface area (TPSA) is 91.5 Å². The zero-order valence-electron chi connectivity index (χ0n) is 10.6. The van der Waals surface area contributed by atoms with E-state index in [4.69, 9.17) is 20.6 Å². The first-order valence-corrected chi connectivity index (χ1v) is 5.94. The minimum Gasteiger partial charge on any atom is -0.480 e. The van der Waals surface area contributed by atoms with Crippen LogP contribution < -0.4 is 16.2 Å². The highest BCUT2D eigenvalue weighted by Crippen LogP contribution is 2.27. The first kappa shape index (κ1) is 13.2. The molecule has 5 heteroatoms. The van der Waals surface area contributed by atoms with Crippen LogP contribution in [0.15, 0.2) is 47.1 Å². The zero-order valence-corrected chi connectivity index (χ0v) is 10.6. The predicted octanol–water partition coefficient (Wildman–Crippen LogP) is 1.85. The van der Waals surface area contributed by atoms with Crippen molar-refractivity contribution in [2.75, 3.05) is 0 Å². The van der Waals surface area contributed by atoms with Gasteiger partial charge in [-0.2, -0.15) is 0 Å². The normalized spacial score (nSPS) is 13.8. The standard InChI is InChI=1S/C14H16N2O3/c1-9(15)13(12-7-4-8-18-12)19-11-6-3-2-5-10(11)14(16)17/h2-9,13H,15H2,1H3,(H2,16,17). The van der Waals surface area contributed by atoms with Crippen molar-refractivity contribution in [1.82, 2.24) is 0 Å². The van der Waals surface area contributed by atoms with Crippen molar-refractivity contribution < 1.29 is 13.9 Å². The van der Waals surface area contributed by atoms with Crippen molar-refractivity contribution in [1.29, 1.82) is 0 Å². The molecule has 0 saturated heterocycles. The molecule has 2 unspecified atom stereocenters. The fraction of sp³-hybridized carbons (Fsp3) is 0.214. The molecule has 4 N–H and O–H groups in total. The van der Waals surface area contributed by atoms with Crippen molar-refractivity contribution in [3.05, 3.63) is 54.0 Å². The Morgan fingerprint density at radius 1 is 1.26 bits per heavy atom. The third kappa shape index (κ3) is 2.95. The molecule has 1 aromatic heterocycles. The lowest BCUT2D eigenvalue weighted by atomic mass is 10.1. The van der Waals surface area contributed by atoms with Crippen molar-refractivity contribution in [3.8, 4) is 5.75 Å². The van der Waals surface area contributed by atoms with Crippen LogP contribution in [0.1, 0.15) is 29.1 Å². The first-order chi connectivity index (χ1) is 9.09. The van der Waals surface area contributed by atoms with E-state index in [0.717, 1.165) is 0 Å².